The molecule has 0 fully saturated rings. The molecule has 0 aliphatic heterocycles. The van der Waals surface area contributed by atoms with E-state index in [-0.39, 0.29) is 0 Å². The van der Waals surface area contributed by atoms with Gasteiger partial charge in [-0.25, -0.2) is 0 Å². The van der Waals surface area contributed by atoms with Gasteiger partial charge in [0, 0.05) is 5.69 Å². The van der Waals surface area contributed by atoms with Crippen molar-refractivity contribution in [1.82, 2.24) is 4.98 Å². The van der Waals surface area contributed by atoms with Crippen molar-refractivity contribution >= 4 is 0 Å². The minimum atomic E-state index is -4.36. The minimum Gasteiger partial charge on any atom is -0.382 e. The van der Waals surface area contributed by atoms with E-state index in [9.17, 15) is 18.3 Å². The van der Waals surface area contributed by atoms with E-state index in [2.05, 4.69) is 4.98 Å². The van der Waals surface area contributed by atoms with Gasteiger partial charge in [0.1, 0.15) is 6.10 Å². The van der Waals surface area contributed by atoms with Gasteiger partial charge in [0.2, 0.25) is 0 Å². The number of hydrogen-bond donors (Lipinski definition) is 2. The smallest absolute Gasteiger partial charge is 0.382 e. The Morgan fingerprint density at radius 1 is 1.00 bits per heavy atom. The highest BCUT2D eigenvalue weighted by Gasteiger charge is 2.30. The fraction of sp³-hybridized carbons (Fsp3) is 0.333. The number of aromatic amines is 1. The molecule has 0 amide bonds. The van der Waals surface area contributed by atoms with Crippen LogP contribution in [0.2, 0.25) is 0 Å². The summed E-state index contributed by atoms with van der Waals surface area (Å²) in [5, 5.41) is 10.3. The number of benzene rings is 1. The lowest BCUT2D eigenvalue weighted by Crippen LogP contribution is -2.06. The predicted molar refractivity (Wildman–Crippen MR) is 70.5 cm³/mol. The lowest BCUT2D eigenvalue weighted by molar-refractivity contribution is -0.137. The van der Waals surface area contributed by atoms with Gasteiger partial charge < -0.3 is 10.1 Å². The van der Waals surface area contributed by atoms with Crippen LogP contribution in [0.15, 0.2) is 24.3 Å². The lowest BCUT2D eigenvalue weighted by Gasteiger charge is -2.13. The van der Waals surface area contributed by atoms with E-state index in [4.69, 9.17) is 0 Å². The van der Waals surface area contributed by atoms with Gasteiger partial charge in [-0.15, -0.1) is 0 Å². The number of alkyl halides is 3. The molecule has 0 saturated carbocycles. The summed E-state index contributed by atoms with van der Waals surface area (Å²) in [6, 6.07) is 4.57. The molecule has 20 heavy (non-hydrogen) atoms. The van der Waals surface area contributed by atoms with Crippen molar-refractivity contribution in [3.05, 3.63) is 57.9 Å². The fourth-order valence-corrected chi connectivity index (χ4v) is 2.17. The summed E-state index contributed by atoms with van der Waals surface area (Å²) < 4.78 is 37.5. The summed E-state index contributed by atoms with van der Waals surface area (Å²) >= 11 is 0. The van der Waals surface area contributed by atoms with Crippen molar-refractivity contribution in [1.29, 1.82) is 0 Å². The summed E-state index contributed by atoms with van der Waals surface area (Å²) in [4.78, 5) is 3.08. The summed E-state index contributed by atoms with van der Waals surface area (Å²) in [6.07, 6.45) is -5.32. The SMILES string of the molecule is Cc1[nH]c(C(O)c2ccc(C(F)(F)F)cc2)c(C)c1C. The largest absolute Gasteiger partial charge is 0.416 e. The minimum absolute atomic E-state index is 0.433. The molecule has 1 unspecified atom stereocenters. The van der Waals surface area contributed by atoms with Gasteiger partial charge >= 0.3 is 6.18 Å². The Morgan fingerprint density at radius 3 is 1.95 bits per heavy atom. The summed E-state index contributed by atoms with van der Waals surface area (Å²) in [5.41, 5.74) is 3.26. The second kappa shape index (κ2) is 4.98. The number of nitrogens with one attached hydrogen (secondary N) is 1. The molecule has 0 saturated heterocycles. The van der Waals surface area contributed by atoms with E-state index < -0.39 is 17.8 Å². The van der Waals surface area contributed by atoms with Crippen LogP contribution in [0.3, 0.4) is 0 Å². The lowest BCUT2D eigenvalue weighted by atomic mass is 10.0. The highest BCUT2D eigenvalue weighted by atomic mass is 19.4. The number of rotatable bonds is 2. The van der Waals surface area contributed by atoms with E-state index in [1.54, 1.807) is 0 Å². The average molecular weight is 283 g/mol. The molecular formula is C15H16F3NO. The van der Waals surface area contributed by atoms with Crippen LogP contribution in [-0.2, 0) is 6.18 Å². The van der Waals surface area contributed by atoms with Crippen LogP contribution in [0, 0.1) is 20.8 Å². The Morgan fingerprint density at radius 2 is 1.55 bits per heavy atom. The van der Waals surface area contributed by atoms with E-state index >= 15 is 0 Å². The highest BCUT2D eigenvalue weighted by Crippen LogP contribution is 2.32. The third kappa shape index (κ3) is 2.58. The van der Waals surface area contributed by atoms with Crippen molar-refractivity contribution in [3.8, 4) is 0 Å². The fourth-order valence-electron chi connectivity index (χ4n) is 2.17. The zero-order valence-electron chi connectivity index (χ0n) is 11.5. The zero-order valence-corrected chi connectivity index (χ0v) is 11.5. The highest BCUT2D eigenvalue weighted by molar-refractivity contribution is 5.39. The van der Waals surface area contributed by atoms with Crippen molar-refractivity contribution < 1.29 is 18.3 Å². The average Bonchev–Trinajstić information content (AvgIpc) is 2.65. The molecule has 2 aromatic rings. The predicted octanol–water partition coefficient (Wildman–Crippen LogP) is 4.04. The Bertz CT molecular complexity index is 611. The maximum Gasteiger partial charge on any atom is 0.416 e. The third-order valence-corrected chi connectivity index (χ3v) is 3.68. The Labute approximate surface area is 115 Å². The molecule has 0 radical (unpaired) electrons. The van der Waals surface area contributed by atoms with Gasteiger partial charge in [0.25, 0.3) is 0 Å². The normalized spacial score (nSPS) is 13.6. The number of H-pyrrole nitrogens is 1. The Balaban J connectivity index is 2.34. The number of aryl methyl sites for hydroxylation is 1. The van der Waals surface area contributed by atoms with Gasteiger partial charge in [-0.1, -0.05) is 12.1 Å². The van der Waals surface area contributed by atoms with Crippen molar-refractivity contribution in [2.75, 3.05) is 0 Å². The van der Waals surface area contributed by atoms with Crippen LogP contribution in [0.1, 0.15) is 39.7 Å². The Hall–Kier alpha value is -1.75. The summed E-state index contributed by atoms with van der Waals surface area (Å²) in [7, 11) is 0. The molecule has 1 aromatic carbocycles. The number of aliphatic hydroxyl groups excluding tert-OH is 1. The molecule has 1 atom stereocenters. The van der Waals surface area contributed by atoms with Gasteiger partial charge in [0.05, 0.1) is 11.3 Å². The number of halogens is 3. The van der Waals surface area contributed by atoms with Crippen LogP contribution >= 0.6 is 0 Å². The quantitative estimate of drug-likeness (QED) is 0.857. The molecule has 2 N–H and O–H groups in total. The van der Waals surface area contributed by atoms with Crippen molar-refractivity contribution in [3.63, 3.8) is 0 Å². The van der Waals surface area contributed by atoms with Gasteiger partial charge in [-0.2, -0.15) is 13.2 Å². The first-order chi connectivity index (χ1) is 9.21. The van der Waals surface area contributed by atoms with Crippen LogP contribution in [0.4, 0.5) is 13.2 Å². The molecule has 0 aliphatic rings. The van der Waals surface area contributed by atoms with Crippen LogP contribution in [-0.4, -0.2) is 10.1 Å². The van der Waals surface area contributed by atoms with Crippen LogP contribution in [0.25, 0.3) is 0 Å². The van der Waals surface area contributed by atoms with Crippen molar-refractivity contribution in [2.24, 2.45) is 0 Å². The van der Waals surface area contributed by atoms with Gasteiger partial charge in [-0.3, -0.25) is 0 Å². The maximum atomic E-state index is 12.5. The van der Waals surface area contributed by atoms with E-state index in [0.717, 1.165) is 29.0 Å². The monoisotopic (exact) mass is 283 g/mol. The summed E-state index contributed by atoms with van der Waals surface area (Å²) in [5.74, 6) is 0. The van der Waals surface area contributed by atoms with Gasteiger partial charge in [0.15, 0.2) is 0 Å². The second-order valence-electron chi connectivity index (χ2n) is 4.94. The molecule has 1 heterocycles. The number of aliphatic hydroxyl groups is 1. The first kappa shape index (κ1) is 14.7. The Kier molecular flexibility index (Phi) is 3.65. The number of hydrogen-bond acceptors (Lipinski definition) is 1. The first-order valence-electron chi connectivity index (χ1n) is 6.22. The molecule has 0 bridgehead atoms. The van der Waals surface area contributed by atoms with E-state index in [1.807, 2.05) is 20.8 Å². The molecule has 1 aromatic heterocycles. The van der Waals surface area contributed by atoms with Crippen molar-refractivity contribution in [2.45, 2.75) is 33.1 Å². The van der Waals surface area contributed by atoms with Crippen LogP contribution < -0.4 is 0 Å². The maximum absolute atomic E-state index is 12.5. The standard InChI is InChI=1S/C15H16F3NO/c1-8-9(2)13(19-10(8)3)14(20)11-4-6-12(7-5-11)15(16,17)18/h4-7,14,19-20H,1-3H3. The molecule has 5 heteroatoms. The van der Waals surface area contributed by atoms with E-state index in [0.29, 0.717) is 11.3 Å². The van der Waals surface area contributed by atoms with E-state index in [1.165, 1.54) is 12.1 Å². The number of aromatic nitrogens is 1. The molecule has 0 spiro atoms. The molecule has 2 nitrogen and oxygen atoms in total. The first-order valence-corrected chi connectivity index (χ1v) is 6.22. The molecule has 2 rings (SSSR count). The topological polar surface area (TPSA) is 36.0 Å². The molecular weight excluding hydrogens is 267 g/mol. The molecule has 0 aliphatic carbocycles. The summed E-state index contributed by atoms with van der Waals surface area (Å²) in [6.45, 7) is 5.71. The van der Waals surface area contributed by atoms with Crippen LogP contribution in [0.5, 0.6) is 0 Å². The second-order valence-corrected chi connectivity index (χ2v) is 4.94. The van der Waals surface area contributed by atoms with Gasteiger partial charge in [-0.05, 0) is 49.6 Å². The zero-order chi connectivity index (χ0) is 15.1. The molecule has 108 valence electrons. The third-order valence-electron chi connectivity index (χ3n) is 3.68.